The maximum Gasteiger partial charge on any atom is 0.297 e. The van der Waals surface area contributed by atoms with Gasteiger partial charge in [-0.05, 0) is 46.1 Å². The second-order valence-corrected chi connectivity index (χ2v) is 15.8. The highest BCUT2D eigenvalue weighted by atomic mass is 28.3. The van der Waals surface area contributed by atoms with Crippen molar-refractivity contribution in [1.82, 2.24) is 0 Å². The van der Waals surface area contributed by atoms with Gasteiger partial charge >= 0.3 is 0 Å². The fourth-order valence-electron chi connectivity index (χ4n) is 5.68. The van der Waals surface area contributed by atoms with Crippen molar-refractivity contribution in [2.24, 2.45) is 0 Å². The minimum Gasteiger partial charge on any atom is -0.449 e. The van der Waals surface area contributed by atoms with Crippen molar-refractivity contribution in [3.8, 4) is 16.9 Å². The molecule has 34 heavy (non-hydrogen) atoms. The first-order valence-corrected chi connectivity index (χ1v) is 14.6. The van der Waals surface area contributed by atoms with Gasteiger partial charge in [-0.15, -0.1) is 0 Å². The van der Waals surface area contributed by atoms with Crippen LogP contribution in [0.2, 0.25) is 16.6 Å². The van der Waals surface area contributed by atoms with Gasteiger partial charge in [-0.2, -0.15) is 0 Å². The van der Waals surface area contributed by atoms with E-state index in [1.54, 1.807) is 0 Å². The molecule has 0 fully saturated rings. The minimum absolute atomic E-state index is 0.0947. The lowest BCUT2D eigenvalue weighted by atomic mass is 10.0. The fourth-order valence-corrected chi connectivity index (χ4v) is 11.3. The number of fused-ring (bicyclic) bond motifs is 1. The molecule has 0 N–H and O–H groups in total. The minimum atomic E-state index is -2.04. The highest BCUT2D eigenvalue weighted by Crippen LogP contribution is 2.48. The Hall–Kier alpha value is -3.11. The van der Waals surface area contributed by atoms with Crippen molar-refractivity contribution in [2.75, 3.05) is 4.90 Å². The first-order chi connectivity index (χ1) is 16.3. The zero-order chi connectivity index (χ0) is 24.5. The molecular formula is C30H35NO2Si. The molecule has 3 nitrogen and oxygen atoms in total. The smallest absolute Gasteiger partial charge is 0.297 e. The van der Waals surface area contributed by atoms with Crippen LogP contribution in [0.4, 0.5) is 11.4 Å². The lowest BCUT2D eigenvalue weighted by molar-refractivity contribution is -0.116. The summed E-state index contributed by atoms with van der Waals surface area (Å²) in [6.07, 6.45) is 0. The molecule has 3 aromatic carbocycles. The summed E-state index contributed by atoms with van der Waals surface area (Å²) in [5, 5.41) is 0. The van der Waals surface area contributed by atoms with E-state index in [-0.39, 0.29) is 5.91 Å². The topological polar surface area (TPSA) is 29.5 Å². The molecule has 0 aliphatic carbocycles. The van der Waals surface area contributed by atoms with Crippen LogP contribution in [-0.4, -0.2) is 14.0 Å². The van der Waals surface area contributed by atoms with Crippen LogP contribution >= 0.6 is 0 Å². The van der Waals surface area contributed by atoms with Gasteiger partial charge in [0, 0.05) is 11.3 Å². The Bertz CT molecular complexity index is 1160. The van der Waals surface area contributed by atoms with Gasteiger partial charge in [-0.1, -0.05) is 102 Å². The fraction of sp³-hybridized carbons (Fsp3) is 0.300. The van der Waals surface area contributed by atoms with Crippen molar-refractivity contribution < 1.29 is 9.53 Å². The number of hydrogen-bond acceptors (Lipinski definition) is 2. The standard InChI is InChI=1S/C30H35NO2Si/c1-21(2)34(22(3)4,23(5)6)20-28-30(32)31(25-16-11-8-12-17-25)27-19-13-18-26(29(27)33-28)24-14-9-7-10-15-24/h7-23H,1-6H3/b28-20-. The average molecular weight is 470 g/mol. The first-order valence-electron chi connectivity index (χ1n) is 12.3. The van der Waals surface area contributed by atoms with Gasteiger partial charge in [0.15, 0.2) is 11.5 Å². The van der Waals surface area contributed by atoms with E-state index in [1.165, 1.54) is 0 Å². The summed E-state index contributed by atoms with van der Waals surface area (Å²) in [4.78, 5) is 15.9. The molecule has 0 bridgehead atoms. The van der Waals surface area contributed by atoms with Crippen LogP contribution in [0.3, 0.4) is 0 Å². The third-order valence-corrected chi connectivity index (χ3v) is 14.1. The van der Waals surface area contributed by atoms with E-state index in [2.05, 4.69) is 65.4 Å². The first kappa shape index (κ1) is 24.0. The number of anilines is 2. The van der Waals surface area contributed by atoms with Crippen LogP contribution in [0.5, 0.6) is 5.75 Å². The van der Waals surface area contributed by atoms with Crippen molar-refractivity contribution in [3.05, 3.63) is 90.3 Å². The van der Waals surface area contributed by atoms with Crippen LogP contribution < -0.4 is 9.64 Å². The monoisotopic (exact) mass is 469 g/mol. The highest BCUT2D eigenvalue weighted by molar-refractivity contribution is 6.88. The van der Waals surface area contributed by atoms with Crippen molar-refractivity contribution in [1.29, 1.82) is 0 Å². The Morgan fingerprint density at radius 1 is 0.735 bits per heavy atom. The van der Waals surface area contributed by atoms with E-state index in [0.29, 0.717) is 22.4 Å². The van der Waals surface area contributed by atoms with Gasteiger partial charge in [-0.25, -0.2) is 0 Å². The third-order valence-electron chi connectivity index (χ3n) is 7.34. The quantitative estimate of drug-likeness (QED) is 0.267. The van der Waals surface area contributed by atoms with Gasteiger partial charge < -0.3 is 4.74 Å². The zero-order valence-electron chi connectivity index (χ0n) is 21.1. The molecule has 4 rings (SSSR count). The maximum absolute atomic E-state index is 14.0. The van der Waals surface area contributed by atoms with E-state index in [0.717, 1.165) is 28.3 Å². The number of carbonyl (C=O) groups excluding carboxylic acids is 1. The SMILES string of the molecule is CC(C)[Si](/C=C1\Oc2c(-c3ccccc3)cccc2N(c2ccccc2)C1=O)(C(C)C)C(C)C. The van der Waals surface area contributed by atoms with Crippen LogP contribution in [-0.2, 0) is 4.79 Å². The van der Waals surface area contributed by atoms with Crippen molar-refractivity contribution in [2.45, 2.75) is 58.2 Å². The molecule has 176 valence electrons. The molecule has 4 heteroatoms. The molecule has 0 unspecified atom stereocenters. The number of hydrogen-bond donors (Lipinski definition) is 0. The number of benzene rings is 3. The Morgan fingerprint density at radius 2 is 1.29 bits per heavy atom. The molecule has 3 aromatic rings. The summed E-state index contributed by atoms with van der Waals surface area (Å²) in [6, 6.07) is 26.2. The molecule has 1 aliphatic rings. The molecule has 1 aliphatic heterocycles. The number of amides is 1. The van der Waals surface area contributed by atoms with Crippen molar-refractivity contribution in [3.63, 3.8) is 0 Å². The summed E-state index contributed by atoms with van der Waals surface area (Å²) >= 11 is 0. The van der Waals surface area contributed by atoms with E-state index in [1.807, 2.05) is 65.6 Å². The lowest BCUT2D eigenvalue weighted by Crippen LogP contribution is -2.45. The van der Waals surface area contributed by atoms with Gasteiger partial charge in [0.2, 0.25) is 0 Å². The van der Waals surface area contributed by atoms with Crippen LogP contribution in [0.1, 0.15) is 41.5 Å². The third kappa shape index (κ3) is 4.11. The maximum atomic E-state index is 14.0. The molecule has 0 radical (unpaired) electrons. The van der Waals surface area contributed by atoms with Gasteiger partial charge in [0.05, 0.1) is 13.8 Å². The Labute approximate surface area is 205 Å². The lowest BCUT2D eigenvalue weighted by Gasteiger charge is -2.42. The average Bonchev–Trinajstić information content (AvgIpc) is 2.82. The second kappa shape index (κ2) is 9.63. The summed E-state index contributed by atoms with van der Waals surface area (Å²) in [5.41, 5.74) is 7.38. The normalized spacial score (nSPS) is 15.3. The molecule has 1 amide bonds. The molecule has 0 aromatic heterocycles. The van der Waals surface area contributed by atoms with Gasteiger partial charge in [-0.3, -0.25) is 9.69 Å². The molecular weight excluding hydrogens is 434 g/mol. The number of nitrogens with zero attached hydrogens (tertiary/aromatic N) is 1. The van der Waals surface area contributed by atoms with E-state index in [9.17, 15) is 4.79 Å². The number of rotatable bonds is 6. The second-order valence-electron chi connectivity index (χ2n) is 10.1. The Morgan fingerprint density at radius 3 is 1.85 bits per heavy atom. The molecule has 0 saturated heterocycles. The number of para-hydroxylation sites is 2. The molecule has 1 heterocycles. The summed E-state index contributed by atoms with van der Waals surface area (Å²) in [6.45, 7) is 13.8. The van der Waals surface area contributed by atoms with Crippen LogP contribution in [0.25, 0.3) is 11.1 Å². The molecule has 0 atom stereocenters. The Balaban J connectivity index is 1.97. The van der Waals surface area contributed by atoms with Crippen molar-refractivity contribution >= 4 is 25.4 Å². The largest absolute Gasteiger partial charge is 0.449 e. The predicted molar refractivity (Wildman–Crippen MR) is 145 cm³/mol. The summed E-state index contributed by atoms with van der Waals surface area (Å²) < 4.78 is 6.59. The summed E-state index contributed by atoms with van der Waals surface area (Å²) in [5.74, 6) is 1.10. The molecule has 0 spiro atoms. The highest BCUT2D eigenvalue weighted by Gasteiger charge is 2.44. The predicted octanol–water partition coefficient (Wildman–Crippen LogP) is 8.51. The Kier molecular flexibility index (Phi) is 6.81. The van der Waals surface area contributed by atoms with E-state index < -0.39 is 8.07 Å². The van der Waals surface area contributed by atoms with Crippen LogP contribution in [0.15, 0.2) is 90.3 Å². The van der Waals surface area contributed by atoms with E-state index >= 15 is 0 Å². The number of ether oxygens (including phenoxy) is 1. The van der Waals surface area contributed by atoms with Crippen LogP contribution in [0, 0.1) is 0 Å². The number of carbonyl (C=O) groups is 1. The van der Waals surface area contributed by atoms with Gasteiger partial charge in [0.1, 0.15) is 0 Å². The van der Waals surface area contributed by atoms with E-state index in [4.69, 9.17) is 4.74 Å². The summed E-state index contributed by atoms with van der Waals surface area (Å²) in [7, 11) is -2.04. The van der Waals surface area contributed by atoms with Gasteiger partial charge in [0.25, 0.3) is 5.91 Å². The molecule has 0 saturated carbocycles. The zero-order valence-corrected chi connectivity index (χ0v) is 22.1.